The number of piperidine rings is 1. The Balaban J connectivity index is 0.000000584. The number of carbonyl (C=O) groups is 2. The number of Topliss-reactive ketones (excluding diaryl/α,β-unsaturated/α-hetero) is 1. The first-order valence-corrected chi connectivity index (χ1v) is 17.1. The molecule has 1 N–H and O–H groups in total. The molecule has 8 nitrogen and oxygen atoms in total. The van der Waals surface area contributed by atoms with Gasteiger partial charge in [-0.15, -0.1) is 0 Å². The first-order valence-electron chi connectivity index (χ1n) is 17.1. The summed E-state index contributed by atoms with van der Waals surface area (Å²) in [4.78, 5) is 36.5. The molecule has 0 bridgehead atoms. The maximum Gasteiger partial charge on any atom is 0.256 e. The lowest BCUT2D eigenvalue weighted by atomic mass is 9.92. The Hall–Kier alpha value is -4.17. The molecule has 2 heterocycles. The maximum absolute atomic E-state index is 12.6. The van der Waals surface area contributed by atoms with E-state index < -0.39 is 5.91 Å². The van der Waals surface area contributed by atoms with E-state index in [1.807, 2.05) is 43.0 Å². The zero-order chi connectivity index (χ0) is 34.5. The highest BCUT2D eigenvalue weighted by Crippen LogP contribution is 2.54. The van der Waals surface area contributed by atoms with Crippen LogP contribution in [0.1, 0.15) is 71.4 Å². The second kappa shape index (κ2) is 18.2. The van der Waals surface area contributed by atoms with Gasteiger partial charge in [-0.1, -0.05) is 64.1 Å². The number of unbranched alkanes of at least 4 members (excludes halogenated alkanes) is 1. The number of hydrogen-bond acceptors (Lipinski definition) is 7. The van der Waals surface area contributed by atoms with Crippen molar-refractivity contribution in [3.05, 3.63) is 77.7 Å². The molecule has 0 radical (unpaired) electrons. The van der Waals surface area contributed by atoms with E-state index in [2.05, 4.69) is 66.5 Å². The van der Waals surface area contributed by atoms with E-state index in [-0.39, 0.29) is 17.3 Å². The van der Waals surface area contributed by atoms with E-state index in [9.17, 15) is 9.59 Å². The molecule has 0 aliphatic carbocycles. The summed E-state index contributed by atoms with van der Waals surface area (Å²) in [5, 5.41) is 2.59. The van der Waals surface area contributed by atoms with Crippen LogP contribution in [0.15, 0.2) is 71.5 Å². The number of fused-ring (bicyclic) bond motifs is 2. The molecule has 8 heteroatoms. The number of ether oxygens (including phenoxy) is 1. The molecule has 1 saturated heterocycles. The van der Waals surface area contributed by atoms with Gasteiger partial charge in [0.1, 0.15) is 0 Å². The first-order chi connectivity index (χ1) is 22.6. The summed E-state index contributed by atoms with van der Waals surface area (Å²) in [7, 11) is 1.53. The largest absolute Gasteiger partial charge is 0.451 e. The van der Waals surface area contributed by atoms with Gasteiger partial charge in [-0.05, 0) is 89.9 Å². The monoisotopic (exact) mass is 641 g/mol. The number of para-hydroxylation sites is 2. The van der Waals surface area contributed by atoms with Crippen molar-refractivity contribution in [2.45, 2.75) is 74.1 Å². The van der Waals surface area contributed by atoms with E-state index >= 15 is 0 Å². The number of anilines is 3. The number of hydrogen-bond donors (Lipinski definition) is 1. The summed E-state index contributed by atoms with van der Waals surface area (Å²) in [6.45, 7) is 23.4. The van der Waals surface area contributed by atoms with Crippen LogP contribution in [-0.2, 0) is 9.59 Å². The summed E-state index contributed by atoms with van der Waals surface area (Å²) >= 11 is 0. The van der Waals surface area contributed by atoms with Gasteiger partial charge in [-0.2, -0.15) is 0 Å². The number of allylic oxidation sites excluding steroid dienone is 2. The highest BCUT2D eigenvalue weighted by molar-refractivity contribution is 6.18. The second-order valence-electron chi connectivity index (χ2n) is 12.0. The van der Waals surface area contributed by atoms with E-state index in [1.54, 1.807) is 18.5 Å². The van der Waals surface area contributed by atoms with Crippen LogP contribution in [-0.4, -0.2) is 62.6 Å². The van der Waals surface area contributed by atoms with Crippen LogP contribution < -0.4 is 19.9 Å². The van der Waals surface area contributed by atoms with Gasteiger partial charge in [-0.3, -0.25) is 14.6 Å². The Bertz CT molecular complexity index is 1490. The molecule has 47 heavy (non-hydrogen) atoms. The van der Waals surface area contributed by atoms with Crippen LogP contribution in [0.2, 0.25) is 0 Å². The Morgan fingerprint density at radius 1 is 1.13 bits per heavy atom. The van der Waals surface area contributed by atoms with Gasteiger partial charge >= 0.3 is 0 Å². The van der Waals surface area contributed by atoms with Crippen LogP contribution in [0.5, 0.6) is 11.5 Å². The van der Waals surface area contributed by atoms with Crippen molar-refractivity contribution in [1.82, 2.24) is 10.2 Å². The highest BCUT2D eigenvalue weighted by atomic mass is 16.5. The van der Waals surface area contributed by atoms with Crippen LogP contribution in [0.25, 0.3) is 0 Å². The van der Waals surface area contributed by atoms with Crippen molar-refractivity contribution >= 4 is 35.0 Å². The fraction of sp³-hybridized carbons (Fsp3) is 0.462. The summed E-state index contributed by atoms with van der Waals surface area (Å²) < 4.78 is 6.61. The van der Waals surface area contributed by atoms with Gasteiger partial charge in [0.25, 0.3) is 5.91 Å². The average Bonchev–Trinajstić information content (AvgIpc) is 3.07. The minimum atomic E-state index is -0.425. The van der Waals surface area contributed by atoms with Crippen LogP contribution in [0.4, 0.5) is 17.1 Å². The number of aliphatic imine (C=N–C) groups is 1. The predicted octanol–water partition coefficient (Wildman–Crippen LogP) is 8.27. The van der Waals surface area contributed by atoms with Crippen molar-refractivity contribution < 1.29 is 14.3 Å². The van der Waals surface area contributed by atoms with E-state index in [0.717, 1.165) is 65.6 Å². The van der Waals surface area contributed by atoms with Crippen molar-refractivity contribution in [1.29, 1.82) is 0 Å². The number of aryl methyl sites for hydroxylation is 2. The zero-order valence-electron chi connectivity index (χ0n) is 29.9. The van der Waals surface area contributed by atoms with Gasteiger partial charge in [0.2, 0.25) is 0 Å². The third-order valence-electron chi connectivity index (χ3n) is 8.80. The molecule has 2 aromatic rings. The van der Waals surface area contributed by atoms with Crippen molar-refractivity contribution in [2.75, 3.05) is 49.6 Å². The number of benzene rings is 2. The van der Waals surface area contributed by atoms with E-state index in [0.29, 0.717) is 5.75 Å². The Morgan fingerprint density at radius 3 is 2.45 bits per heavy atom. The molecule has 1 fully saturated rings. The molecule has 1 amide bonds. The Morgan fingerprint density at radius 2 is 1.83 bits per heavy atom. The number of likely N-dealkylation sites (N-methyl/N-ethyl adjacent to an activating group) is 1. The number of carbonyl (C=O) groups excluding carboxylic acids is 2. The third kappa shape index (κ3) is 9.22. The summed E-state index contributed by atoms with van der Waals surface area (Å²) in [6.07, 6.45) is 11.9. The quantitative estimate of drug-likeness (QED) is 0.109. The molecule has 2 aromatic carbocycles. The van der Waals surface area contributed by atoms with Crippen LogP contribution >= 0.6 is 0 Å². The minimum absolute atomic E-state index is 0.0764. The van der Waals surface area contributed by atoms with Gasteiger partial charge in [0, 0.05) is 44.2 Å². The molecule has 0 aromatic heterocycles. The van der Waals surface area contributed by atoms with Gasteiger partial charge < -0.3 is 24.8 Å². The molecule has 1 atom stereocenters. The SMILES string of the molecule is C=CC=N/C(=C\C)C1CCCN(c2c(C)cc(C)c3c2Oc2ccccc2N3/C=C(\C(C)=O)C(=O)NC)C1.CCCCN(CC)CC. The topological polar surface area (TPSA) is 77.5 Å². The average molecular weight is 642 g/mol. The van der Waals surface area contributed by atoms with E-state index in [1.165, 1.54) is 46.4 Å². The zero-order valence-corrected chi connectivity index (χ0v) is 29.9. The molecule has 2 aliphatic heterocycles. The lowest BCUT2D eigenvalue weighted by molar-refractivity contribution is -0.121. The summed E-state index contributed by atoms with van der Waals surface area (Å²) in [5.74, 6) is 0.949. The van der Waals surface area contributed by atoms with Crippen LogP contribution in [0.3, 0.4) is 0 Å². The molecule has 1 unspecified atom stereocenters. The first kappa shape index (κ1) is 37.3. The van der Waals surface area contributed by atoms with Crippen LogP contribution in [0, 0.1) is 19.8 Å². The molecular weight excluding hydrogens is 586 g/mol. The van der Waals surface area contributed by atoms with Gasteiger partial charge in [-0.25, -0.2) is 0 Å². The van der Waals surface area contributed by atoms with Crippen molar-refractivity contribution in [3.8, 4) is 11.5 Å². The molecule has 0 spiro atoms. The van der Waals surface area contributed by atoms with E-state index in [4.69, 9.17) is 4.74 Å². The van der Waals surface area contributed by atoms with Gasteiger partial charge in [0.15, 0.2) is 17.3 Å². The molecule has 4 rings (SSSR count). The number of nitrogens with zero attached hydrogens (tertiary/aromatic N) is 4. The summed E-state index contributed by atoms with van der Waals surface area (Å²) in [5.41, 5.74) is 5.85. The lowest BCUT2D eigenvalue weighted by Gasteiger charge is -2.40. The number of nitrogens with one attached hydrogen (secondary N) is 1. The fourth-order valence-corrected chi connectivity index (χ4v) is 6.30. The molecule has 254 valence electrons. The van der Waals surface area contributed by atoms with Crippen molar-refractivity contribution in [2.24, 2.45) is 10.9 Å². The van der Waals surface area contributed by atoms with Gasteiger partial charge in [0.05, 0.1) is 22.6 Å². The standard InChI is InChI=1S/C31H36N4O3.C8H19N/c1-7-15-33-25(8-2)23-12-11-16-34(18-23)28-20(3)17-21(4)29-30(28)38-27-14-10-9-13-26(27)35(29)19-24(22(5)36)31(37)32-6;1-4-7-8-9(5-2)6-3/h7-10,13-15,17,19,23H,1,11-12,16,18H2,2-6H3,(H,32,37);4-8H2,1-3H3/b24-19+,25-8-,33-15?;. The Labute approximate surface area is 282 Å². The molecule has 2 aliphatic rings. The second-order valence-corrected chi connectivity index (χ2v) is 12.0. The number of ketones is 1. The lowest BCUT2D eigenvalue weighted by Crippen LogP contribution is -2.37. The normalized spacial score (nSPS) is 16.2. The fourth-order valence-electron chi connectivity index (χ4n) is 6.30. The maximum atomic E-state index is 12.6. The van der Waals surface area contributed by atoms with Crippen molar-refractivity contribution in [3.63, 3.8) is 0 Å². The predicted molar refractivity (Wildman–Crippen MR) is 197 cm³/mol. The highest BCUT2D eigenvalue weighted by Gasteiger charge is 2.33. The summed E-state index contributed by atoms with van der Waals surface area (Å²) in [6, 6.07) is 9.83. The smallest absolute Gasteiger partial charge is 0.256 e. The molecule has 0 saturated carbocycles. The number of amides is 1. The minimum Gasteiger partial charge on any atom is -0.451 e. The molecular formula is C39H55N5O3. The number of rotatable bonds is 12. The third-order valence-corrected chi connectivity index (χ3v) is 8.80. The Kier molecular flexibility index (Phi) is 14.5.